The Labute approximate surface area is 59.4 Å². The van der Waals surface area contributed by atoms with Crippen molar-refractivity contribution in [1.82, 2.24) is 0 Å². The molecule has 0 spiro atoms. The fourth-order valence-electron chi connectivity index (χ4n) is 0.723. The minimum Gasteiger partial charge on any atom is -0.494 e. The third-order valence-corrected chi connectivity index (χ3v) is 1.11. The number of ether oxygens (including phenoxy) is 1. The van der Waals surface area contributed by atoms with Crippen LogP contribution in [0.3, 0.4) is 0 Å². The number of halogens is 1. The molecule has 0 amide bonds. The van der Waals surface area contributed by atoms with Crippen LogP contribution in [0.5, 0.6) is 5.75 Å². The van der Waals surface area contributed by atoms with E-state index >= 15 is 0 Å². The molecule has 0 aliphatic rings. The standard InChI is InChI=1S/C8H9FO/c1-2-10-8-5-3-4-7(9)6-8/h3-6H,2H2,1H3. The maximum atomic E-state index is 12.4. The molecule has 0 N–H and O–H groups in total. The van der Waals surface area contributed by atoms with E-state index in [4.69, 9.17) is 4.74 Å². The van der Waals surface area contributed by atoms with Gasteiger partial charge in [-0.15, -0.1) is 0 Å². The zero-order valence-corrected chi connectivity index (χ0v) is 5.80. The minimum absolute atomic E-state index is 0.258. The van der Waals surface area contributed by atoms with Crippen molar-refractivity contribution in [3.63, 3.8) is 0 Å². The van der Waals surface area contributed by atoms with Crippen molar-refractivity contribution in [2.45, 2.75) is 6.92 Å². The van der Waals surface area contributed by atoms with E-state index in [1.54, 1.807) is 12.1 Å². The van der Waals surface area contributed by atoms with Crippen LogP contribution in [-0.4, -0.2) is 6.61 Å². The molecule has 1 rings (SSSR count). The molecule has 1 aromatic carbocycles. The Bertz CT molecular complexity index is 210. The summed E-state index contributed by atoms with van der Waals surface area (Å²) in [5.74, 6) is 0.327. The zero-order chi connectivity index (χ0) is 7.40. The van der Waals surface area contributed by atoms with Gasteiger partial charge in [-0.1, -0.05) is 6.07 Å². The lowest BCUT2D eigenvalue weighted by atomic mass is 10.3. The highest BCUT2D eigenvalue weighted by Gasteiger charge is 1.91. The molecule has 54 valence electrons. The molecule has 10 heavy (non-hydrogen) atoms. The summed E-state index contributed by atoms with van der Waals surface area (Å²) >= 11 is 0. The van der Waals surface area contributed by atoms with Gasteiger partial charge in [0.1, 0.15) is 11.6 Å². The maximum Gasteiger partial charge on any atom is 0.126 e. The second-order valence-electron chi connectivity index (χ2n) is 1.89. The number of hydrogen-bond donors (Lipinski definition) is 0. The first-order chi connectivity index (χ1) is 4.83. The fraction of sp³-hybridized carbons (Fsp3) is 0.250. The Morgan fingerprint density at radius 1 is 1.50 bits per heavy atom. The largest absolute Gasteiger partial charge is 0.494 e. The second kappa shape index (κ2) is 3.20. The van der Waals surface area contributed by atoms with E-state index in [-0.39, 0.29) is 5.82 Å². The molecule has 1 nitrogen and oxygen atoms in total. The van der Waals surface area contributed by atoms with Gasteiger partial charge in [0, 0.05) is 6.07 Å². The molecule has 0 fully saturated rings. The quantitative estimate of drug-likeness (QED) is 0.612. The highest BCUT2D eigenvalue weighted by molar-refractivity contribution is 5.22. The maximum absolute atomic E-state index is 12.4. The summed E-state index contributed by atoms with van der Waals surface area (Å²) in [6.45, 7) is 2.44. The lowest BCUT2D eigenvalue weighted by molar-refractivity contribution is 0.338. The minimum atomic E-state index is -0.258. The first kappa shape index (κ1) is 7.06. The topological polar surface area (TPSA) is 9.23 Å². The molecule has 0 aliphatic heterocycles. The monoisotopic (exact) mass is 140 g/mol. The van der Waals surface area contributed by atoms with Crippen molar-refractivity contribution in [1.29, 1.82) is 0 Å². The van der Waals surface area contributed by atoms with Crippen LogP contribution in [0, 0.1) is 5.82 Å². The Kier molecular flexibility index (Phi) is 2.26. The smallest absolute Gasteiger partial charge is 0.126 e. The van der Waals surface area contributed by atoms with Crippen LogP contribution in [-0.2, 0) is 0 Å². The van der Waals surface area contributed by atoms with Crippen LogP contribution in [0.1, 0.15) is 6.92 Å². The van der Waals surface area contributed by atoms with Gasteiger partial charge < -0.3 is 4.74 Å². The predicted molar refractivity (Wildman–Crippen MR) is 37.6 cm³/mol. The highest BCUT2D eigenvalue weighted by Crippen LogP contribution is 2.10. The van der Waals surface area contributed by atoms with E-state index in [0.717, 1.165) is 0 Å². The van der Waals surface area contributed by atoms with Gasteiger partial charge in [0.15, 0.2) is 0 Å². The van der Waals surface area contributed by atoms with Crippen LogP contribution >= 0.6 is 0 Å². The van der Waals surface area contributed by atoms with Crippen molar-refractivity contribution in [3.8, 4) is 5.75 Å². The van der Waals surface area contributed by atoms with Crippen molar-refractivity contribution >= 4 is 0 Å². The van der Waals surface area contributed by atoms with Crippen molar-refractivity contribution in [3.05, 3.63) is 30.1 Å². The van der Waals surface area contributed by atoms with E-state index in [0.29, 0.717) is 12.4 Å². The summed E-state index contributed by atoms with van der Waals surface area (Å²) in [6.07, 6.45) is 0. The molecule has 0 radical (unpaired) electrons. The molecule has 0 aromatic heterocycles. The molecular formula is C8H9FO. The van der Waals surface area contributed by atoms with Crippen LogP contribution in [0.15, 0.2) is 24.3 Å². The first-order valence-electron chi connectivity index (χ1n) is 3.21. The Morgan fingerprint density at radius 3 is 2.90 bits per heavy atom. The normalized spacial score (nSPS) is 9.40. The van der Waals surface area contributed by atoms with Crippen LogP contribution in [0.2, 0.25) is 0 Å². The average Bonchev–Trinajstić information content (AvgIpc) is 1.88. The lowest BCUT2D eigenvalue weighted by Gasteiger charge is -2.00. The molecule has 0 aliphatic carbocycles. The van der Waals surface area contributed by atoms with E-state index < -0.39 is 0 Å². The van der Waals surface area contributed by atoms with E-state index in [1.807, 2.05) is 6.92 Å². The van der Waals surface area contributed by atoms with E-state index in [9.17, 15) is 4.39 Å². The number of benzene rings is 1. The first-order valence-corrected chi connectivity index (χ1v) is 3.21. The zero-order valence-electron chi connectivity index (χ0n) is 5.80. The molecule has 0 saturated heterocycles. The third-order valence-electron chi connectivity index (χ3n) is 1.11. The summed E-state index contributed by atoms with van der Waals surface area (Å²) in [5.41, 5.74) is 0. The average molecular weight is 140 g/mol. The molecule has 0 bridgehead atoms. The Hall–Kier alpha value is -1.05. The highest BCUT2D eigenvalue weighted by atomic mass is 19.1. The SMILES string of the molecule is CCOc1cccc(F)c1. The summed E-state index contributed by atoms with van der Waals surface area (Å²) in [6, 6.07) is 6.11. The summed E-state index contributed by atoms with van der Waals surface area (Å²) < 4.78 is 17.5. The van der Waals surface area contributed by atoms with Crippen LogP contribution in [0.4, 0.5) is 4.39 Å². The van der Waals surface area contributed by atoms with Gasteiger partial charge in [0.2, 0.25) is 0 Å². The van der Waals surface area contributed by atoms with Crippen molar-refractivity contribution in [2.24, 2.45) is 0 Å². The molecule has 2 heteroatoms. The Balaban J connectivity index is 2.75. The summed E-state index contributed by atoms with van der Waals surface area (Å²) in [4.78, 5) is 0. The molecule has 0 unspecified atom stereocenters. The van der Waals surface area contributed by atoms with Crippen LogP contribution in [0.25, 0.3) is 0 Å². The van der Waals surface area contributed by atoms with Gasteiger partial charge in [-0.2, -0.15) is 0 Å². The van der Waals surface area contributed by atoms with Gasteiger partial charge in [-0.05, 0) is 19.1 Å². The van der Waals surface area contributed by atoms with Crippen LogP contribution < -0.4 is 4.74 Å². The summed E-state index contributed by atoms with van der Waals surface area (Å²) in [5, 5.41) is 0. The van der Waals surface area contributed by atoms with Crippen molar-refractivity contribution in [2.75, 3.05) is 6.61 Å². The molecular weight excluding hydrogens is 131 g/mol. The van der Waals surface area contributed by atoms with E-state index in [2.05, 4.69) is 0 Å². The van der Waals surface area contributed by atoms with Gasteiger partial charge in [-0.3, -0.25) is 0 Å². The summed E-state index contributed by atoms with van der Waals surface area (Å²) in [7, 11) is 0. The second-order valence-corrected chi connectivity index (χ2v) is 1.89. The molecule has 0 atom stereocenters. The molecule has 0 heterocycles. The lowest BCUT2D eigenvalue weighted by Crippen LogP contribution is -1.90. The van der Waals surface area contributed by atoms with Gasteiger partial charge in [-0.25, -0.2) is 4.39 Å². The fourth-order valence-corrected chi connectivity index (χ4v) is 0.723. The van der Waals surface area contributed by atoms with Gasteiger partial charge in [0.25, 0.3) is 0 Å². The van der Waals surface area contributed by atoms with Crippen molar-refractivity contribution < 1.29 is 9.13 Å². The number of hydrogen-bond acceptors (Lipinski definition) is 1. The van der Waals surface area contributed by atoms with Gasteiger partial charge in [0.05, 0.1) is 6.61 Å². The van der Waals surface area contributed by atoms with Gasteiger partial charge >= 0.3 is 0 Å². The van der Waals surface area contributed by atoms with E-state index in [1.165, 1.54) is 12.1 Å². The molecule has 0 saturated carbocycles. The predicted octanol–water partition coefficient (Wildman–Crippen LogP) is 2.22. The third kappa shape index (κ3) is 1.72. The Morgan fingerprint density at radius 2 is 2.30 bits per heavy atom. The molecule has 1 aromatic rings. The number of rotatable bonds is 2.